The van der Waals surface area contributed by atoms with Crippen LogP contribution in [0.1, 0.15) is 290 Å². The molecule has 0 aliphatic carbocycles. The van der Waals surface area contributed by atoms with Crippen LogP contribution >= 0.6 is 0 Å². The SMILES string of the molecule is CCCCC\C=C/C=C\C=C/C=C\CCCCCCCC(=O)OCC(COC(=O)CCCCC/C=C\CCCCCCCC)OC(=O)CCCCCCCCCCCCCCCCCCCC. The molecule has 1 unspecified atom stereocenters. The topological polar surface area (TPSA) is 78.9 Å². The highest BCUT2D eigenvalue weighted by molar-refractivity contribution is 5.71. The number of carbonyl (C=O) groups excluding carboxylic acids is 3. The molecule has 0 saturated carbocycles. The molecule has 0 rings (SSSR count). The van der Waals surface area contributed by atoms with Crippen molar-refractivity contribution in [3.63, 3.8) is 0 Å². The third-order valence-corrected chi connectivity index (χ3v) is 12.6. The van der Waals surface area contributed by atoms with E-state index in [-0.39, 0.29) is 31.1 Å². The van der Waals surface area contributed by atoms with Crippen molar-refractivity contribution in [2.45, 2.75) is 297 Å². The van der Waals surface area contributed by atoms with E-state index in [0.717, 1.165) is 96.3 Å². The van der Waals surface area contributed by atoms with Gasteiger partial charge in [0, 0.05) is 19.3 Å². The fraction of sp³-hybridized carbons (Fsp3) is 0.787. The molecule has 0 aromatic rings. The van der Waals surface area contributed by atoms with Gasteiger partial charge < -0.3 is 14.2 Å². The van der Waals surface area contributed by atoms with E-state index in [0.29, 0.717) is 19.3 Å². The first-order valence-electron chi connectivity index (χ1n) is 28.8. The Bertz CT molecular complexity index is 1210. The van der Waals surface area contributed by atoms with Crippen molar-refractivity contribution in [1.82, 2.24) is 0 Å². The van der Waals surface area contributed by atoms with Crippen molar-refractivity contribution in [2.75, 3.05) is 13.2 Å². The van der Waals surface area contributed by atoms with E-state index >= 15 is 0 Å². The second-order valence-corrected chi connectivity index (χ2v) is 19.3. The minimum Gasteiger partial charge on any atom is -0.462 e. The predicted octanol–water partition coefficient (Wildman–Crippen LogP) is 19.2. The smallest absolute Gasteiger partial charge is 0.306 e. The van der Waals surface area contributed by atoms with Gasteiger partial charge in [-0.3, -0.25) is 14.4 Å². The average Bonchev–Trinajstić information content (AvgIpc) is 3.33. The lowest BCUT2D eigenvalue weighted by Gasteiger charge is -2.18. The van der Waals surface area contributed by atoms with E-state index in [1.54, 1.807) is 0 Å². The minimum absolute atomic E-state index is 0.0877. The first-order valence-corrected chi connectivity index (χ1v) is 28.8. The third kappa shape index (κ3) is 53.9. The maximum Gasteiger partial charge on any atom is 0.306 e. The average molecular weight is 938 g/mol. The molecule has 388 valence electrons. The molecule has 0 aromatic carbocycles. The van der Waals surface area contributed by atoms with Crippen LogP contribution in [0.15, 0.2) is 60.8 Å². The number of allylic oxidation sites excluding steroid dienone is 10. The molecule has 1 atom stereocenters. The lowest BCUT2D eigenvalue weighted by Crippen LogP contribution is -2.30. The van der Waals surface area contributed by atoms with E-state index in [2.05, 4.69) is 81.5 Å². The molecule has 6 nitrogen and oxygen atoms in total. The zero-order valence-electron chi connectivity index (χ0n) is 44.4. The summed E-state index contributed by atoms with van der Waals surface area (Å²) in [4.78, 5) is 38.1. The van der Waals surface area contributed by atoms with Gasteiger partial charge in [0.05, 0.1) is 0 Å². The fourth-order valence-corrected chi connectivity index (χ4v) is 8.21. The number of rotatable bonds is 52. The van der Waals surface area contributed by atoms with E-state index in [9.17, 15) is 14.4 Å². The summed E-state index contributed by atoms with van der Waals surface area (Å²) in [6, 6.07) is 0. The van der Waals surface area contributed by atoms with E-state index in [4.69, 9.17) is 14.2 Å². The van der Waals surface area contributed by atoms with Crippen LogP contribution in [0.5, 0.6) is 0 Å². The van der Waals surface area contributed by atoms with E-state index in [1.165, 1.54) is 154 Å². The standard InChI is InChI=1S/C61H108O6/c1-4-7-10-13-16-19-22-25-27-29-31-33-36-39-42-45-48-51-54-60(63)66-57-58(56-65-59(62)53-50-47-44-41-38-35-24-21-18-15-12-9-6-3)67-61(64)55-52-49-46-43-40-37-34-32-30-28-26-23-20-17-14-11-8-5-2/h16,19,22,25,27,29,31,33,35,38,58H,4-15,17-18,20-21,23-24,26,28,30,32,34,36-37,39-57H2,1-3H3/b19-16-,25-22-,29-27-,33-31-,38-35-. The van der Waals surface area contributed by atoms with Gasteiger partial charge in [0.1, 0.15) is 13.2 Å². The Hall–Kier alpha value is -2.89. The molecule has 0 N–H and O–H groups in total. The highest BCUT2D eigenvalue weighted by Crippen LogP contribution is 2.16. The molecule has 0 bridgehead atoms. The second kappa shape index (κ2) is 55.7. The van der Waals surface area contributed by atoms with Crippen LogP contribution in [0.25, 0.3) is 0 Å². The highest BCUT2D eigenvalue weighted by Gasteiger charge is 2.19. The van der Waals surface area contributed by atoms with Gasteiger partial charge in [0.15, 0.2) is 6.10 Å². The molecule has 0 aliphatic rings. The fourth-order valence-electron chi connectivity index (χ4n) is 8.21. The van der Waals surface area contributed by atoms with Gasteiger partial charge in [-0.1, -0.05) is 261 Å². The normalized spacial score (nSPS) is 12.5. The Labute approximate surface area is 415 Å². The molecular formula is C61H108O6. The van der Waals surface area contributed by atoms with Gasteiger partial charge in [0.25, 0.3) is 0 Å². The van der Waals surface area contributed by atoms with E-state index < -0.39 is 6.10 Å². The second-order valence-electron chi connectivity index (χ2n) is 19.3. The number of hydrogen-bond donors (Lipinski definition) is 0. The van der Waals surface area contributed by atoms with Crippen molar-refractivity contribution >= 4 is 17.9 Å². The summed E-state index contributed by atoms with van der Waals surface area (Å²) in [5, 5.41) is 0. The van der Waals surface area contributed by atoms with Crippen LogP contribution in [-0.4, -0.2) is 37.2 Å². The van der Waals surface area contributed by atoms with Crippen LogP contribution in [0.2, 0.25) is 0 Å². The van der Waals surface area contributed by atoms with Gasteiger partial charge >= 0.3 is 17.9 Å². The van der Waals surface area contributed by atoms with Crippen LogP contribution < -0.4 is 0 Å². The van der Waals surface area contributed by atoms with Gasteiger partial charge in [-0.25, -0.2) is 0 Å². The summed E-state index contributed by atoms with van der Waals surface area (Å²) in [5.74, 6) is -0.913. The number of ether oxygens (including phenoxy) is 3. The predicted molar refractivity (Wildman–Crippen MR) is 288 cm³/mol. The number of esters is 3. The molecule has 0 aliphatic heterocycles. The quantitative estimate of drug-likeness (QED) is 0.0199. The number of hydrogen-bond acceptors (Lipinski definition) is 6. The zero-order chi connectivity index (χ0) is 48.6. The first-order chi connectivity index (χ1) is 33.0. The van der Waals surface area contributed by atoms with Crippen molar-refractivity contribution in [1.29, 1.82) is 0 Å². The van der Waals surface area contributed by atoms with Crippen molar-refractivity contribution in [3.8, 4) is 0 Å². The summed E-state index contributed by atoms with van der Waals surface area (Å²) in [5.41, 5.74) is 0. The molecule has 0 amide bonds. The maximum absolute atomic E-state index is 12.9. The van der Waals surface area contributed by atoms with Gasteiger partial charge in [-0.2, -0.15) is 0 Å². The zero-order valence-corrected chi connectivity index (χ0v) is 44.4. The molecular weight excluding hydrogens is 829 g/mol. The summed E-state index contributed by atoms with van der Waals surface area (Å²) in [6.07, 6.45) is 69.2. The van der Waals surface area contributed by atoms with Gasteiger partial charge in [0.2, 0.25) is 0 Å². The third-order valence-electron chi connectivity index (χ3n) is 12.6. The molecule has 0 fully saturated rings. The highest BCUT2D eigenvalue weighted by atomic mass is 16.6. The summed E-state index contributed by atoms with van der Waals surface area (Å²) >= 11 is 0. The minimum atomic E-state index is -0.788. The van der Waals surface area contributed by atoms with Crippen LogP contribution in [0.4, 0.5) is 0 Å². The van der Waals surface area contributed by atoms with Crippen LogP contribution in [0, 0.1) is 0 Å². The summed E-state index contributed by atoms with van der Waals surface area (Å²) in [7, 11) is 0. The Kier molecular flexibility index (Phi) is 53.3. The molecule has 0 radical (unpaired) electrons. The van der Waals surface area contributed by atoms with E-state index in [1.807, 2.05) is 0 Å². The van der Waals surface area contributed by atoms with Gasteiger partial charge in [-0.05, 0) is 70.6 Å². The molecule has 0 saturated heterocycles. The molecule has 0 aromatic heterocycles. The van der Waals surface area contributed by atoms with Crippen molar-refractivity contribution in [3.05, 3.63) is 60.8 Å². The van der Waals surface area contributed by atoms with Crippen molar-refractivity contribution in [2.24, 2.45) is 0 Å². The monoisotopic (exact) mass is 937 g/mol. The Morgan fingerprint density at radius 1 is 0.299 bits per heavy atom. The lowest BCUT2D eigenvalue weighted by atomic mass is 10.0. The Balaban J connectivity index is 4.41. The molecule has 6 heteroatoms. The van der Waals surface area contributed by atoms with Crippen LogP contribution in [-0.2, 0) is 28.6 Å². The first kappa shape index (κ1) is 64.1. The Morgan fingerprint density at radius 3 is 0.925 bits per heavy atom. The van der Waals surface area contributed by atoms with Crippen molar-refractivity contribution < 1.29 is 28.6 Å². The van der Waals surface area contributed by atoms with Crippen LogP contribution in [0.3, 0.4) is 0 Å². The molecule has 67 heavy (non-hydrogen) atoms. The summed E-state index contributed by atoms with van der Waals surface area (Å²) < 4.78 is 16.8. The number of unbranched alkanes of at least 4 members (excludes halogenated alkanes) is 34. The molecule has 0 heterocycles. The van der Waals surface area contributed by atoms with Gasteiger partial charge in [-0.15, -0.1) is 0 Å². The molecule has 0 spiro atoms. The Morgan fingerprint density at radius 2 is 0.552 bits per heavy atom. The number of carbonyl (C=O) groups is 3. The maximum atomic E-state index is 12.9. The lowest BCUT2D eigenvalue weighted by molar-refractivity contribution is -0.167. The summed E-state index contributed by atoms with van der Waals surface area (Å²) in [6.45, 7) is 6.59. The largest absolute Gasteiger partial charge is 0.462 e.